The summed E-state index contributed by atoms with van der Waals surface area (Å²) in [5.41, 5.74) is 2.23. The summed E-state index contributed by atoms with van der Waals surface area (Å²) in [5.74, 6) is -0.181. The van der Waals surface area contributed by atoms with Gasteiger partial charge in [0.05, 0.1) is 13.0 Å². The molecule has 0 atom stereocenters. The number of carbonyl (C=O) groups is 1. The molecule has 0 saturated heterocycles. The lowest BCUT2D eigenvalue weighted by molar-refractivity contribution is 0.0508. The molecule has 0 radical (unpaired) electrons. The molecule has 94 valence electrons. The second-order valence-corrected chi connectivity index (χ2v) is 3.90. The highest BCUT2D eigenvalue weighted by atomic mass is 16.5. The largest absolute Gasteiger partial charge is 0.460 e. The summed E-state index contributed by atoms with van der Waals surface area (Å²) in [6.07, 6.45) is 0.508. The van der Waals surface area contributed by atoms with Gasteiger partial charge in [-0.05, 0) is 24.6 Å². The maximum absolute atomic E-state index is 11.4. The van der Waals surface area contributed by atoms with Crippen molar-refractivity contribution in [2.45, 2.75) is 20.3 Å². The van der Waals surface area contributed by atoms with Crippen LogP contribution in [0.2, 0.25) is 0 Å². The minimum atomic E-state index is -0.559. The zero-order chi connectivity index (χ0) is 13.0. The van der Waals surface area contributed by atoms with Crippen molar-refractivity contribution < 1.29 is 14.1 Å². The molecule has 0 amide bonds. The van der Waals surface area contributed by atoms with Gasteiger partial charge in [-0.1, -0.05) is 29.8 Å². The molecular weight excluding hydrogens is 232 g/mol. The molecule has 0 bridgehead atoms. The summed E-state index contributed by atoms with van der Waals surface area (Å²) in [6.45, 7) is 4.04. The van der Waals surface area contributed by atoms with Crippen LogP contribution in [0, 0.1) is 6.92 Å². The van der Waals surface area contributed by atoms with Crippen molar-refractivity contribution in [2.24, 2.45) is 0 Å². The van der Waals surface area contributed by atoms with Gasteiger partial charge in [0.15, 0.2) is 0 Å². The summed E-state index contributed by atoms with van der Waals surface area (Å²) >= 11 is 0. The Hall–Kier alpha value is -2.17. The quantitative estimate of drug-likeness (QED) is 0.773. The van der Waals surface area contributed by atoms with Gasteiger partial charge in [0.25, 0.3) is 5.82 Å². The third kappa shape index (κ3) is 2.94. The third-order valence-electron chi connectivity index (χ3n) is 2.36. The predicted octanol–water partition coefficient (Wildman–Crippen LogP) is 2.15. The maximum Gasteiger partial charge on any atom is 0.379 e. The molecule has 5 nitrogen and oxygen atoms in total. The molecule has 0 aliphatic rings. The Labute approximate surface area is 105 Å². The van der Waals surface area contributed by atoms with Crippen LogP contribution in [-0.4, -0.2) is 22.7 Å². The number of aryl methyl sites for hydroxylation is 1. The van der Waals surface area contributed by atoms with Crippen LogP contribution in [0.1, 0.15) is 34.6 Å². The molecule has 0 unspecified atom stereocenters. The Morgan fingerprint density at radius 1 is 1.44 bits per heavy atom. The number of carbonyl (C=O) groups excluding carboxylic acids is 1. The minimum absolute atomic E-state index is 0.0282. The van der Waals surface area contributed by atoms with Gasteiger partial charge in [-0.3, -0.25) is 0 Å². The summed E-state index contributed by atoms with van der Waals surface area (Å²) in [7, 11) is 0. The molecule has 1 aromatic heterocycles. The summed E-state index contributed by atoms with van der Waals surface area (Å²) in [5, 5.41) is 3.59. The molecule has 0 aliphatic heterocycles. The molecule has 5 heteroatoms. The van der Waals surface area contributed by atoms with Crippen LogP contribution in [0.3, 0.4) is 0 Å². The fourth-order valence-corrected chi connectivity index (χ4v) is 1.60. The second kappa shape index (κ2) is 5.44. The monoisotopic (exact) mass is 246 g/mol. The Bertz CT molecular complexity index is 549. The van der Waals surface area contributed by atoms with Crippen LogP contribution in [0.5, 0.6) is 0 Å². The van der Waals surface area contributed by atoms with Crippen molar-refractivity contribution in [3.8, 4) is 0 Å². The number of rotatable bonds is 4. The Balaban J connectivity index is 2.09. The van der Waals surface area contributed by atoms with E-state index in [9.17, 15) is 4.79 Å². The Morgan fingerprint density at radius 2 is 2.28 bits per heavy atom. The number of benzene rings is 1. The van der Waals surface area contributed by atoms with Crippen molar-refractivity contribution in [3.63, 3.8) is 0 Å². The standard InChI is InChI=1S/C13H14N2O3/c1-3-17-13(16)12-14-11(18-15-12)8-10-6-4-5-9(2)7-10/h4-7H,3,8H2,1-2H3. The average Bonchev–Trinajstić information content (AvgIpc) is 2.78. The van der Waals surface area contributed by atoms with E-state index in [1.165, 1.54) is 0 Å². The molecule has 2 rings (SSSR count). The van der Waals surface area contributed by atoms with Gasteiger partial charge in [-0.25, -0.2) is 4.79 Å². The number of nitrogens with zero attached hydrogens (tertiary/aromatic N) is 2. The topological polar surface area (TPSA) is 65.2 Å². The molecule has 18 heavy (non-hydrogen) atoms. The Kier molecular flexibility index (Phi) is 3.72. The van der Waals surface area contributed by atoms with E-state index in [1.54, 1.807) is 6.92 Å². The lowest BCUT2D eigenvalue weighted by atomic mass is 10.1. The number of hydrogen-bond donors (Lipinski definition) is 0. The highest BCUT2D eigenvalue weighted by Gasteiger charge is 2.15. The summed E-state index contributed by atoms with van der Waals surface area (Å²) in [6, 6.07) is 7.99. The van der Waals surface area contributed by atoms with Gasteiger partial charge < -0.3 is 9.26 Å². The highest BCUT2D eigenvalue weighted by molar-refractivity contribution is 5.84. The number of aromatic nitrogens is 2. The van der Waals surface area contributed by atoms with Crippen molar-refractivity contribution in [1.82, 2.24) is 10.1 Å². The van der Waals surface area contributed by atoms with E-state index in [-0.39, 0.29) is 5.82 Å². The van der Waals surface area contributed by atoms with Crippen LogP contribution in [0.4, 0.5) is 0 Å². The molecule has 1 heterocycles. The van der Waals surface area contributed by atoms with Crippen molar-refractivity contribution in [2.75, 3.05) is 6.61 Å². The van der Waals surface area contributed by atoms with Crippen LogP contribution < -0.4 is 0 Å². The molecule has 0 fully saturated rings. The molecule has 0 N–H and O–H groups in total. The van der Waals surface area contributed by atoms with Gasteiger partial charge in [0.1, 0.15) is 0 Å². The summed E-state index contributed by atoms with van der Waals surface area (Å²) < 4.78 is 9.80. The number of ether oxygens (including phenoxy) is 1. The molecule has 0 aliphatic carbocycles. The van der Waals surface area contributed by atoms with E-state index < -0.39 is 5.97 Å². The van der Waals surface area contributed by atoms with Crippen molar-refractivity contribution in [1.29, 1.82) is 0 Å². The summed E-state index contributed by atoms with van der Waals surface area (Å²) in [4.78, 5) is 15.4. The van der Waals surface area contributed by atoms with E-state index in [1.807, 2.05) is 31.2 Å². The van der Waals surface area contributed by atoms with E-state index in [2.05, 4.69) is 10.1 Å². The lowest BCUT2D eigenvalue weighted by Gasteiger charge is -1.97. The van der Waals surface area contributed by atoms with Gasteiger partial charge in [-0.2, -0.15) is 4.98 Å². The van der Waals surface area contributed by atoms with E-state index in [4.69, 9.17) is 9.26 Å². The average molecular weight is 246 g/mol. The first kappa shape index (κ1) is 12.3. The predicted molar refractivity (Wildman–Crippen MR) is 64.2 cm³/mol. The molecule has 0 saturated carbocycles. The normalized spacial score (nSPS) is 10.3. The van der Waals surface area contributed by atoms with E-state index in [0.29, 0.717) is 18.9 Å². The van der Waals surface area contributed by atoms with Gasteiger partial charge in [-0.15, -0.1) is 0 Å². The number of hydrogen-bond acceptors (Lipinski definition) is 5. The van der Waals surface area contributed by atoms with Crippen LogP contribution in [0.15, 0.2) is 28.8 Å². The maximum atomic E-state index is 11.4. The third-order valence-corrected chi connectivity index (χ3v) is 2.36. The zero-order valence-electron chi connectivity index (χ0n) is 10.3. The first-order valence-electron chi connectivity index (χ1n) is 5.74. The number of esters is 1. The Morgan fingerprint density at radius 3 is 3.00 bits per heavy atom. The van der Waals surface area contributed by atoms with Crippen LogP contribution in [-0.2, 0) is 11.2 Å². The SMILES string of the molecule is CCOC(=O)c1noc(Cc2cccc(C)c2)n1. The molecular formula is C13H14N2O3. The first-order chi connectivity index (χ1) is 8.69. The molecule has 2 aromatic rings. The van der Waals surface area contributed by atoms with E-state index >= 15 is 0 Å². The van der Waals surface area contributed by atoms with Crippen LogP contribution in [0.25, 0.3) is 0 Å². The van der Waals surface area contributed by atoms with Crippen molar-refractivity contribution in [3.05, 3.63) is 47.1 Å². The van der Waals surface area contributed by atoms with E-state index in [0.717, 1.165) is 11.1 Å². The zero-order valence-corrected chi connectivity index (χ0v) is 10.3. The fourth-order valence-electron chi connectivity index (χ4n) is 1.60. The van der Waals surface area contributed by atoms with Gasteiger partial charge in [0.2, 0.25) is 5.89 Å². The molecule has 0 spiro atoms. The minimum Gasteiger partial charge on any atom is -0.460 e. The second-order valence-electron chi connectivity index (χ2n) is 3.90. The first-order valence-corrected chi connectivity index (χ1v) is 5.74. The lowest BCUT2D eigenvalue weighted by Crippen LogP contribution is -2.06. The fraction of sp³-hybridized carbons (Fsp3) is 0.308. The smallest absolute Gasteiger partial charge is 0.379 e. The molecule has 1 aromatic carbocycles. The van der Waals surface area contributed by atoms with Crippen LogP contribution >= 0.6 is 0 Å². The van der Waals surface area contributed by atoms with Gasteiger partial charge >= 0.3 is 5.97 Å². The van der Waals surface area contributed by atoms with Gasteiger partial charge in [0, 0.05) is 0 Å². The van der Waals surface area contributed by atoms with Crippen molar-refractivity contribution >= 4 is 5.97 Å². The highest BCUT2D eigenvalue weighted by Crippen LogP contribution is 2.10.